The van der Waals surface area contributed by atoms with Gasteiger partial charge in [0.15, 0.2) is 5.58 Å². The fraction of sp³-hybridized carbons (Fsp3) is 0.286. The topological polar surface area (TPSA) is 72.4 Å². The van der Waals surface area contributed by atoms with Gasteiger partial charge in [0, 0.05) is 24.2 Å². The summed E-state index contributed by atoms with van der Waals surface area (Å²) in [5.74, 6) is 0.838. The minimum absolute atomic E-state index is 0.0310. The number of fused-ring (bicyclic) bond motifs is 3. The number of hydrogen-bond acceptors (Lipinski definition) is 5. The second-order valence-electron chi connectivity index (χ2n) is 6.63. The largest absolute Gasteiger partial charge is 0.463 e. The molecule has 0 saturated carbocycles. The number of furan rings is 1. The lowest BCUT2D eigenvalue weighted by atomic mass is 10.2. The van der Waals surface area contributed by atoms with Crippen LogP contribution in [0.2, 0.25) is 0 Å². The van der Waals surface area contributed by atoms with Crippen LogP contribution in [0.25, 0.3) is 16.6 Å². The third kappa shape index (κ3) is 3.26. The van der Waals surface area contributed by atoms with Crippen LogP contribution in [0.1, 0.15) is 31.7 Å². The predicted octanol–water partition coefficient (Wildman–Crippen LogP) is 4.86. The van der Waals surface area contributed by atoms with Crippen molar-refractivity contribution in [2.75, 3.05) is 5.32 Å². The highest BCUT2D eigenvalue weighted by Crippen LogP contribution is 2.32. The van der Waals surface area contributed by atoms with Crippen molar-refractivity contribution < 1.29 is 9.21 Å². The van der Waals surface area contributed by atoms with E-state index < -0.39 is 0 Å². The average molecular weight is 395 g/mol. The zero-order chi connectivity index (χ0) is 19.7. The number of carbonyl (C=O) groups is 1. The summed E-state index contributed by atoms with van der Waals surface area (Å²) in [7, 11) is 0. The van der Waals surface area contributed by atoms with Gasteiger partial charge in [0.1, 0.15) is 10.9 Å². The van der Waals surface area contributed by atoms with Crippen LogP contribution in [0.15, 0.2) is 52.1 Å². The molecule has 4 rings (SSSR count). The number of anilines is 1. The molecule has 0 saturated heterocycles. The van der Waals surface area contributed by atoms with Crippen LogP contribution >= 0.6 is 11.8 Å². The lowest BCUT2D eigenvalue weighted by molar-refractivity contribution is -0.115. The van der Waals surface area contributed by atoms with Crippen molar-refractivity contribution in [3.63, 3.8) is 0 Å². The quantitative estimate of drug-likeness (QED) is 0.473. The first-order valence-corrected chi connectivity index (χ1v) is 10.3. The summed E-state index contributed by atoms with van der Waals surface area (Å²) in [6.45, 7) is 6.04. The van der Waals surface area contributed by atoms with Gasteiger partial charge in [-0.25, -0.2) is 0 Å². The summed E-state index contributed by atoms with van der Waals surface area (Å²) >= 11 is 1.44. The first kappa shape index (κ1) is 18.6. The molecule has 1 amide bonds. The Morgan fingerprint density at radius 3 is 2.79 bits per heavy atom. The SMILES string of the molecule is CCc1nnc(S[C@@H](CC)C(=O)Nc2ccccc2C)c2cc3occc3n12. The van der Waals surface area contributed by atoms with Gasteiger partial charge in [0.2, 0.25) is 5.91 Å². The van der Waals surface area contributed by atoms with E-state index in [0.29, 0.717) is 6.42 Å². The molecule has 144 valence electrons. The zero-order valence-corrected chi connectivity index (χ0v) is 16.9. The van der Waals surface area contributed by atoms with Crippen molar-refractivity contribution in [1.82, 2.24) is 14.6 Å². The monoisotopic (exact) mass is 394 g/mol. The molecule has 0 fully saturated rings. The maximum Gasteiger partial charge on any atom is 0.237 e. The highest BCUT2D eigenvalue weighted by molar-refractivity contribution is 8.00. The molecule has 0 aliphatic carbocycles. The number of nitrogens with zero attached hydrogens (tertiary/aromatic N) is 3. The van der Waals surface area contributed by atoms with Gasteiger partial charge in [-0.05, 0) is 25.0 Å². The Bertz CT molecular complexity index is 1150. The number of carbonyl (C=O) groups excluding carboxylic acids is 1. The molecule has 0 unspecified atom stereocenters. The van der Waals surface area contributed by atoms with Crippen molar-refractivity contribution in [3.05, 3.63) is 54.0 Å². The number of para-hydroxylation sites is 1. The van der Waals surface area contributed by atoms with Crippen molar-refractivity contribution in [2.24, 2.45) is 0 Å². The number of aromatic nitrogens is 3. The number of thioether (sulfide) groups is 1. The molecular formula is C21H22N4O2S. The van der Waals surface area contributed by atoms with Crippen molar-refractivity contribution >= 4 is 40.0 Å². The van der Waals surface area contributed by atoms with Gasteiger partial charge >= 0.3 is 0 Å². The second kappa shape index (κ2) is 7.67. The summed E-state index contributed by atoms with van der Waals surface area (Å²) in [4.78, 5) is 12.9. The van der Waals surface area contributed by atoms with Gasteiger partial charge in [-0.15, -0.1) is 10.2 Å². The van der Waals surface area contributed by atoms with Crippen LogP contribution in [0.4, 0.5) is 5.69 Å². The fourth-order valence-corrected chi connectivity index (χ4v) is 4.22. The molecule has 4 aromatic rings. The number of nitrogens with one attached hydrogen (secondary N) is 1. The molecule has 6 nitrogen and oxygen atoms in total. The van der Waals surface area contributed by atoms with Gasteiger partial charge in [-0.3, -0.25) is 9.20 Å². The van der Waals surface area contributed by atoms with Crippen molar-refractivity contribution in [2.45, 2.75) is 43.9 Å². The Kier molecular flexibility index (Phi) is 5.09. The Labute approximate surface area is 167 Å². The molecular weight excluding hydrogens is 372 g/mol. The van der Waals surface area contributed by atoms with E-state index in [9.17, 15) is 4.79 Å². The van der Waals surface area contributed by atoms with Crippen LogP contribution in [0.3, 0.4) is 0 Å². The highest BCUT2D eigenvalue weighted by atomic mass is 32.2. The van der Waals surface area contributed by atoms with E-state index >= 15 is 0 Å². The Balaban J connectivity index is 1.66. The van der Waals surface area contributed by atoms with E-state index in [4.69, 9.17) is 4.42 Å². The molecule has 3 aromatic heterocycles. The highest BCUT2D eigenvalue weighted by Gasteiger charge is 2.23. The van der Waals surface area contributed by atoms with Crippen LogP contribution in [-0.2, 0) is 11.2 Å². The number of rotatable bonds is 6. The Hall–Kier alpha value is -2.80. The molecule has 1 N–H and O–H groups in total. The van der Waals surface area contributed by atoms with Crippen LogP contribution in [0.5, 0.6) is 0 Å². The lowest BCUT2D eigenvalue weighted by Crippen LogP contribution is -2.25. The van der Waals surface area contributed by atoms with E-state index in [1.54, 1.807) is 6.26 Å². The van der Waals surface area contributed by atoms with Crippen LogP contribution < -0.4 is 5.32 Å². The fourth-order valence-electron chi connectivity index (χ4n) is 3.26. The predicted molar refractivity (Wildman–Crippen MR) is 112 cm³/mol. The summed E-state index contributed by atoms with van der Waals surface area (Å²) in [5, 5.41) is 12.3. The third-order valence-corrected chi connectivity index (χ3v) is 6.14. The van der Waals surface area contributed by atoms with Gasteiger partial charge in [0.05, 0.1) is 22.5 Å². The number of hydrogen-bond donors (Lipinski definition) is 1. The average Bonchev–Trinajstić information content (AvgIpc) is 3.29. The number of aryl methyl sites for hydroxylation is 2. The van der Waals surface area contributed by atoms with E-state index in [0.717, 1.165) is 45.1 Å². The van der Waals surface area contributed by atoms with Gasteiger partial charge in [0.25, 0.3) is 0 Å². The molecule has 0 aliphatic heterocycles. The molecule has 0 aliphatic rings. The molecule has 1 aromatic carbocycles. The first-order chi connectivity index (χ1) is 13.6. The minimum Gasteiger partial charge on any atom is -0.463 e. The Morgan fingerprint density at radius 1 is 1.21 bits per heavy atom. The number of benzene rings is 1. The second-order valence-corrected chi connectivity index (χ2v) is 7.82. The van der Waals surface area contributed by atoms with E-state index in [1.165, 1.54) is 11.8 Å². The molecule has 0 radical (unpaired) electrons. The minimum atomic E-state index is -0.272. The molecule has 7 heteroatoms. The molecule has 28 heavy (non-hydrogen) atoms. The van der Waals surface area contributed by atoms with E-state index in [1.807, 2.05) is 57.2 Å². The van der Waals surface area contributed by atoms with E-state index in [-0.39, 0.29) is 11.2 Å². The van der Waals surface area contributed by atoms with Gasteiger partial charge in [-0.1, -0.05) is 43.8 Å². The summed E-state index contributed by atoms with van der Waals surface area (Å²) in [6.07, 6.45) is 3.12. The van der Waals surface area contributed by atoms with Crippen LogP contribution in [0, 0.1) is 6.92 Å². The van der Waals surface area contributed by atoms with Crippen LogP contribution in [-0.4, -0.2) is 25.8 Å². The maximum absolute atomic E-state index is 12.9. The zero-order valence-electron chi connectivity index (χ0n) is 16.1. The summed E-state index contributed by atoms with van der Waals surface area (Å²) in [6, 6.07) is 11.7. The Morgan fingerprint density at radius 2 is 2.04 bits per heavy atom. The van der Waals surface area contributed by atoms with Crippen molar-refractivity contribution in [1.29, 1.82) is 0 Å². The first-order valence-electron chi connectivity index (χ1n) is 9.39. The van der Waals surface area contributed by atoms with Crippen molar-refractivity contribution in [3.8, 4) is 0 Å². The molecule has 0 spiro atoms. The van der Waals surface area contributed by atoms with Gasteiger partial charge < -0.3 is 9.73 Å². The smallest absolute Gasteiger partial charge is 0.237 e. The van der Waals surface area contributed by atoms with Gasteiger partial charge in [-0.2, -0.15) is 0 Å². The summed E-state index contributed by atoms with van der Waals surface area (Å²) < 4.78 is 7.63. The third-order valence-electron chi connectivity index (χ3n) is 4.79. The maximum atomic E-state index is 12.9. The number of amides is 1. The standard InChI is InChI=1S/C21H22N4O2S/c1-4-18(20(26)22-14-9-7-6-8-13(14)3)28-21-16-12-17-15(10-11-27-17)25(16)19(5-2)23-24-21/h6-12,18H,4-5H2,1-3H3,(H,22,26)/t18-/m0/s1. The molecule has 1 atom stereocenters. The molecule has 0 bridgehead atoms. The normalized spacial score (nSPS) is 12.5. The summed E-state index contributed by atoms with van der Waals surface area (Å²) in [5.41, 5.74) is 4.57. The van der Waals surface area contributed by atoms with E-state index in [2.05, 4.69) is 19.9 Å². The lowest BCUT2D eigenvalue weighted by Gasteiger charge is -2.16. The molecule has 3 heterocycles.